The van der Waals surface area contributed by atoms with Crippen molar-refractivity contribution < 1.29 is 14.2 Å². The van der Waals surface area contributed by atoms with Crippen LogP contribution >= 0.6 is 23.2 Å². The predicted molar refractivity (Wildman–Crippen MR) is 80.0 cm³/mol. The van der Waals surface area contributed by atoms with Gasteiger partial charge in [0.05, 0.1) is 31.5 Å². The van der Waals surface area contributed by atoms with Gasteiger partial charge in [-0.3, -0.25) is 0 Å². The highest BCUT2D eigenvalue weighted by Crippen LogP contribution is 2.39. The van der Waals surface area contributed by atoms with E-state index >= 15 is 0 Å². The molecule has 0 bridgehead atoms. The van der Waals surface area contributed by atoms with Crippen molar-refractivity contribution in [3.63, 3.8) is 0 Å². The molecular formula is C14H19Cl2NO3. The van der Waals surface area contributed by atoms with Crippen LogP contribution in [0.15, 0.2) is 12.1 Å². The van der Waals surface area contributed by atoms with E-state index in [1.54, 1.807) is 13.2 Å². The largest absolute Gasteiger partial charge is 0.492 e. The first kappa shape index (κ1) is 15.9. The van der Waals surface area contributed by atoms with Crippen LogP contribution < -0.4 is 10.1 Å². The quantitative estimate of drug-likeness (QED) is 0.784. The molecule has 1 aromatic rings. The number of hydrogen-bond donors (Lipinski definition) is 1. The predicted octanol–water partition coefficient (Wildman–Crippen LogP) is 3.07. The minimum Gasteiger partial charge on any atom is -0.492 e. The van der Waals surface area contributed by atoms with Crippen molar-refractivity contribution in [1.29, 1.82) is 0 Å². The summed E-state index contributed by atoms with van der Waals surface area (Å²) in [5, 5.41) is 4.64. The Hall–Kier alpha value is -0.520. The third-order valence-electron chi connectivity index (χ3n) is 3.13. The van der Waals surface area contributed by atoms with E-state index in [1.165, 1.54) is 0 Å². The van der Waals surface area contributed by atoms with E-state index in [2.05, 4.69) is 5.32 Å². The zero-order valence-corrected chi connectivity index (χ0v) is 13.0. The summed E-state index contributed by atoms with van der Waals surface area (Å²) in [6.45, 7) is 3.28. The fourth-order valence-corrected chi connectivity index (χ4v) is 2.75. The number of rotatable bonds is 7. The average Bonchev–Trinajstić information content (AvgIpc) is 2.43. The second-order valence-electron chi connectivity index (χ2n) is 4.55. The van der Waals surface area contributed by atoms with Gasteiger partial charge in [0.2, 0.25) is 0 Å². The zero-order valence-electron chi connectivity index (χ0n) is 11.5. The van der Waals surface area contributed by atoms with E-state index in [-0.39, 0.29) is 6.04 Å². The summed E-state index contributed by atoms with van der Waals surface area (Å²) in [5.41, 5.74) is 1.02. The number of hydrogen-bond acceptors (Lipinski definition) is 4. The Balaban J connectivity index is 1.88. The van der Waals surface area contributed by atoms with Crippen LogP contribution in [0.25, 0.3) is 0 Å². The molecular weight excluding hydrogens is 301 g/mol. The Morgan fingerprint density at radius 3 is 2.95 bits per heavy atom. The van der Waals surface area contributed by atoms with Crippen LogP contribution in [-0.2, 0) is 9.47 Å². The molecule has 2 rings (SSSR count). The van der Waals surface area contributed by atoms with Crippen molar-refractivity contribution in [3.05, 3.63) is 27.7 Å². The van der Waals surface area contributed by atoms with Gasteiger partial charge in [0.1, 0.15) is 5.75 Å². The fourth-order valence-electron chi connectivity index (χ4n) is 2.19. The number of ether oxygens (including phenoxy) is 3. The third-order valence-corrected chi connectivity index (χ3v) is 3.63. The van der Waals surface area contributed by atoms with Gasteiger partial charge in [0, 0.05) is 36.7 Å². The van der Waals surface area contributed by atoms with Crippen LogP contribution in [0, 0.1) is 0 Å². The number of benzene rings is 1. The van der Waals surface area contributed by atoms with Gasteiger partial charge in [-0.1, -0.05) is 23.2 Å². The van der Waals surface area contributed by atoms with Gasteiger partial charge in [0.15, 0.2) is 0 Å². The van der Waals surface area contributed by atoms with Crippen molar-refractivity contribution in [2.75, 3.05) is 40.1 Å². The van der Waals surface area contributed by atoms with Crippen molar-refractivity contribution in [2.45, 2.75) is 12.5 Å². The summed E-state index contributed by atoms with van der Waals surface area (Å²) in [5.74, 6) is 0.736. The van der Waals surface area contributed by atoms with E-state index in [9.17, 15) is 0 Å². The van der Waals surface area contributed by atoms with Crippen LogP contribution in [0.1, 0.15) is 18.0 Å². The van der Waals surface area contributed by atoms with Gasteiger partial charge in [-0.15, -0.1) is 0 Å². The highest BCUT2D eigenvalue weighted by Gasteiger charge is 2.23. The van der Waals surface area contributed by atoms with E-state index in [0.717, 1.165) is 24.3 Å². The molecule has 0 saturated carbocycles. The second kappa shape index (κ2) is 8.05. The highest BCUT2D eigenvalue weighted by molar-refractivity contribution is 6.35. The number of halogens is 2. The normalized spacial score (nSPS) is 17.6. The van der Waals surface area contributed by atoms with Crippen LogP contribution in [0.5, 0.6) is 5.75 Å². The molecule has 4 nitrogen and oxygen atoms in total. The summed E-state index contributed by atoms with van der Waals surface area (Å²) < 4.78 is 16.0. The van der Waals surface area contributed by atoms with Gasteiger partial charge in [-0.25, -0.2) is 0 Å². The Morgan fingerprint density at radius 1 is 1.30 bits per heavy atom. The van der Waals surface area contributed by atoms with E-state index < -0.39 is 0 Å². The first-order valence-electron chi connectivity index (χ1n) is 6.64. The summed E-state index contributed by atoms with van der Waals surface area (Å²) >= 11 is 12.2. The summed E-state index contributed by atoms with van der Waals surface area (Å²) in [7, 11) is 1.66. The molecule has 0 radical (unpaired) electrons. The van der Waals surface area contributed by atoms with Crippen LogP contribution in [0.2, 0.25) is 10.0 Å². The maximum Gasteiger partial charge on any atom is 0.142 e. The zero-order chi connectivity index (χ0) is 14.4. The fraction of sp³-hybridized carbons (Fsp3) is 0.571. The van der Waals surface area contributed by atoms with Crippen molar-refractivity contribution in [3.8, 4) is 5.75 Å². The molecule has 0 saturated heterocycles. The molecule has 0 aliphatic carbocycles. The molecule has 112 valence electrons. The molecule has 0 fully saturated rings. The molecule has 0 amide bonds. The highest BCUT2D eigenvalue weighted by atomic mass is 35.5. The molecule has 1 aliphatic heterocycles. The lowest BCUT2D eigenvalue weighted by atomic mass is 10.0. The molecule has 1 aliphatic rings. The average molecular weight is 320 g/mol. The minimum atomic E-state index is 0.195. The molecule has 6 heteroatoms. The molecule has 1 aromatic carbocycles. The molecule has 1 atom stereocenters. The van der Waals surface area contributed by atoms with Gasteiger partial charge in [-0.2, -0.15) is 0 Å². The first-order valence-corrected chi connectivity index (χ1v) is 7.39. The Bertz CT molecular complexity index is 443. The lowest BCUT2D eigenvalue weighted by molar-refractivity contribution is 0.0704. The third kappa shape index (κ3) is 4.24. The maximum atomic E-state index is 6.16. The number of nitrogens with one attached hydrogen (secondary N) is 1. The minimum absolute atomic E-state index is 0.195. The van der Waals surface area contributed by atoms with Gasteiger partial charge in [-0.05, 0) is 12.1 Å². The second-order valence-corrected chi connectivity index (χ2v) is 5.40. The first-order chi connectivity index (χ1) is 9.72. The Kier molecular flexibility index (Phi) is 6.39. The summed E-state index contributed by atoms with van der Waals surface area (Å²) in [6.07, 6.45) is 0.891. The van der Waals surface area contributed by atoms with Crippen molar-refractivity contribution in [2.24, 2.45) is 0 Å². The number of methoxy groups -OCH3 is 1. The van der Waals surface area contributed by atoms with Crippen LogP contribution in [-0.4, -0.2) is 40.1 Å². The molecule has 0 spiro atoms. The van der Waals surface area contributed by atoms with Crippen molar-refractivity contribution >= 4 is 23.2 Å². The van der Waals surface area contributed by atoms with E-state index in [0.29, 0.717) is 36.5 Å². The van der Waals surface area contributed by atoms with Gasteiger partial charge < -0.3 is 19.5 Å². The topological polar surface area (TPSA) is 39.7 Å². The lowest BCUT2D eigenvalue weighted by Gasteiger charge is -2.27. The molecule has 20 heavy (non-hydrogen) atoms. The number of fused-ring (bicyclic) bond motifs is 1. The maximum absolute atomic E-state index is 6.16. The molecule has 1 N–H and O–H groups in total. The van der Waals surface area contributed by atoms with E-state index in [4.69, 9.17) is 37.4 Å². The van der Waals surface area contributed by atoms with Gasteiger partial charge >= 0.3 is 0 Å². The van der Waals surface area contributed by atoms with E-state index in [1.807, 2.05) is 6.07 Å². The molecule has 1 heterocycles. The molecule has 1 unspecified atom stereocenters. The Labute approximate surface area is 129 Å². The lowest BCUT2D eigenvalue weighted by Crippen LogP contribution is -2.30. The Morgan fingerprint density at radius 2 is 2.15 bits per heavy atom. The monoisotopic (exact) mass is 319 g/mol. The summed E-state index contributed by atoms with van der Waals surface area (Å²) in [6, 6.07) is 3.81. The van der Waals surface area contributed by atoms with Crippen LogP contribution in [0.4, 0.5) is 0 Å². The SMILES string of the molecule is COCCOCCNC1CCOc2c(Cl)cc(Cl)cc21. The smallest absolute Gasteiger partial charge is 0.142 e. The van der Waals surface area contributed by atoms with Crippen LogP contribution in [0.3, 0.4) is 0 Å². The van der Waals surface area contributed by atoms with Crippen molar-refractivity contribution in [1.82, 2.24) is 5.32 Å². The van der Waals surface area contributed by atoms with Gasteiger partial charge in [0.25, 0.3) is 0 Å². The standard InChI is InChI=1S/C14H19Cl2NO3/c1-18-6-7-19-5-3-17-13-2-4-20-14-11(13)8-10(15)9-12(14)16/h8-9,13,17H,2-7H2,1H3. The summed E-state index contributed by atoms with van der Waals surface area (Å²) in [4.78, 5) is 0. The molecule has 0 aromatic heterocycles.